The molecule has 0 heterocycles. The van der Waals surface area contributed by atoms with Gasteiger partial charge in [0.25, 0.3) is 0 Å². The number of halogens is 2. The van der Waals surface area contributed by atoms with Crippen LogP contribution in [0.1, 0.15) is 53.9 Å². The second-order valence-electron chi connectivity index (χ2n) is 5.74. The molecule has 3 heteroatoms. The van der Waals surface area contributed by atoms with Crippen molar-refractivity contribution in [2.45, 2.75) is 53.9 Å². The number of allylic oxidation sites excluding steroid dienone is 8. The van der Waals surface area contributed by atoms with E-state index >= 15 is 0 Å². The summed E-state index contributed by atoms with van der Waals surface area (Å²) in [5.74, 6) is 0. The van der Waals surface area contributed by atoms with Gasteiger partial charge in [0.1, 0.15) is 0 Å². The van der Waals surface area contributed by atoms with E-state index in [9.17, 15) is 0 Å². The van der Waals surface area contributed by atoms with E-state index in [1.165, 1.54) is 18.4 Å². The smallest absolute Gasteiger partial charge is 1.00 e. The first-order chi connectivity index (χ1) is 8.44. The van der Waals surface area contributed by atoms with Crippen LogP contribution in [0.25, 0.3) is 0 Å². The Morgan fingerprint density at radius 3 is 2.20 bits per heavy atom. The molecule has 2 aliphatic rings. The van der Waals surface area contributed by atoms with E-state index in [4.69, 9.17) is 0 Å². The van der Waals surface area contributed by atoms with Gasteiger partial charge in [-0.3, -0.25) is 0 Å². The van der Waals surface area contributed by atoms with Crippen LogP contribution in [0.2, 0.25) is 0 Å². The predicted octanol–water partition coefficient (Wildman–Crippen LogP) is -0.772. The van der Waals surface area contributed by atoms with Gasteiger partial charge in [0.2, 0.25) is 0 Å². The molecule has 1 atom stereocenters. The molecule has 0 saturated heterocycles. The molecule has 0 bridgehead atoms. The van der Waals surface area contributed by atoms with E-state index in [2.05, 4.69) is 46.8 Å². The fourth-order valence-electron chi connectivity index (χ4n) is 3.36. The van der Waals surface area contributed by atoms with Gasteiger partial charge >= 0.3 is 127 Å². The zero-order valence-electron chi connectivity index (χ0n) is 13.0. The zero-order valence-corrected chi connectivity index (χ0v) is 17.0. The van der Waals surface area contributed by atoms with Crippen molar-refractivity contribution < 1.29 is 49.5 Å². The van der Waals surface area contributed by atoms with Crippen molar-refractivity contribution in [1.82, 2.24) is 0 Å². The van der Waals surface area contributed by atoms with Crippen LogP contribution in [0.5, 0.6) is 0 Å². The summed E-state index contributed by atoms with van der Waals surface area (Å²) in [4.78, 5) is 0. The van der Waals surface area contributed by atoms with Crippen LogP contribution in [-0.4, -0.2) is 0 Å². The number of hydrogen-bond acceptors (Lipinski definition) is 0. The summed E-state index contributed by atoms with van der Waals surface area (Å²) < 4.78 is 1.65. The van der Waals surface area contributed by atoms with Crippen molar-refractivity contribution in [3.8, 4) is 0 Å². The Morgan fingerprint density at radius 2 is 1.75 bits per heavy atom. The summed E-state index contributed by atoms with van der Waals surface area (Å²) in [5.41, 5.74) is 8.15. The summed E-state index contributed by atoms with van der Waals surface area (Å²) in [6, 6.07) is 0. The minimum Gasteiger partial charge on any atom is -1.00 e. The van der Waals surface area contributed by atoms with Gasteiger partial charge in [0.15, 0.2) is 0 Å². The first-order valence-electron chi connectivity index (χ1n) is 6.94. The van der Waals surface area contributed by atoms with Crippen molar-refractivity contribution in [3.63, 3.8) is 0 Å². The maximum atomic E-state index is 2.45. The van der Waals surface area contributed by atoms with E-state index < -0.39 is 0 Å². The molecule has 0 saturated carbocycles. The van der Waals surface area contributed by atoms with Gasteiger partial charge in [-0.15, -0.1) is 0 Å². The molecule has 0 amide bonds. The average molecular weight is 390 g/mol. The van der Waals surface area contributed by atoms with Crippen LogP contribution in [-0.2, 0) is 24.7 Å². The maximum Gasteiger partial charge on any atom is -1.00 e. The zero-order chi connectivity index (χ0) is 13.5. The number of rotatable bonds is 3. The Morgan fingerprint density at radius 1 is 1.15 bits per heavy atom. The second kappa shape index (κ2) is 7.61. The standard InChI is InChI=1S/C17H23.2ClH.Zr/c1-6-8-15-9-7-10-16(15)17(5)11-12(2)13(3)14(17)4;;;/h7,9H,6,8,10H2,1-5H3;2*1H;/q;;;+2/p-2. The van der Waals surface area contributed by atoms with Crippen LogP contribution in [0.15, 0.2) is 43.3 Å². The van der Waals surface area contributed by atoms with Gasteiger partial charge in [0.05, 0.1) is 0 Å². The third-order valence-corrected chi connectivity index (χ3v) is 7.05. The third-order valence-electron chi connectivity index (χ3n) is 4.90. The average Bonchev–Trinajstić information content (AvgIpc) is 2.87. The molecule has 0 spiro atoms. The van der Waals surface area contributed by atoms with Crippen LogP contribution in [0.3, 0.4) is 0 Å². The normalized spacial score (nSPS) is 25.4. The predicted molar refractivity (Wildman–Crippen MR) is 74.9 cm³/mol. The van der Waals surface area contributed by atoms with E-state index in [0.717, 1.165) is 6.42 Å². The van der Waals surface area contributed by atoms with Gasteiger partial charge in [0, 0.05) is 0 Å². The molecular weight excluding hydrogens is 366 g/mol. The molecule has 0 radical (unpaired) electrons. The molecule has 20 heavy (non-hydrogen) atoms. The molecule has 2 rings (SSSR count). The molecule has 0 aliphatic heterocycles. The van der Waals surface area contributed by atoms with Crippen molar-refractivity contribution in [2.24, 2.45) is 5.41 Å². The maximum absolute atomic E-state index is 2.45. The quantitative estimate of drug-likeness (QED) is 0.595. The summed E-state index contributed by atoms with van der Waals surface area (Å²) in [7, 11) is 0. The Hall–Kier alpha value is 0.423. The van der Waals surface area contributed by atoms with Gasteiger partial charge in [-0.05, 0) is 0 Å². The van der Waals surface area contributed by atoms with Crippen molar-refractivity contribution in [3.05, 3.63) is 43.3 Å². The largest absolute Gasteiger partial charge is 1.00 e. The van der Waals surface area contributed by atoms with Crippen LogP contribution < -0.4 is 24.8 Å². The third kappa shape index (κ3) is 2.97. The summed E-state index contributed by atoms with van der Waals surface area (Å²) in [6.07, 6.45) is 8.35. The first kappa shape index (κ1) is 20.4. The molecule has 0 aromatic carbocycles. The summed E-state index contributed by atoms with van der Waals surface area (Å²) in [5, 5.41) is 0. The van der Waals surface area contributed by atoms with E-state index in [0.29, 0.717) is 0 Å². The number of hydrogen-bond donors (Lipinski definition) is 0. The van der Waals surface area contributed by atoms with Gasteiger partial charge in [-0.2, -0.15) is 0 Å². The molecule has 109 valence electrons. The fraction of sp³-hybridized carbons (Fsp3) is 0.529. The van der Waals surface area contributed by atoms with Crippen molar-refractivity contribution >= 4 is 0 Å². The molecule has 0 aromatic rings. The SMILES string of the molecule is CCCC1=C(C2(C)C(C)=C(C)C(C)=[C]2[Zr+2])CC=C1.[Cl-].[Cl-]. The minimum atomic E-state index is 0. The topological polar surface area (TPSA) is 0 Å². The van der Waals surface area contributed by atoms with Crippen molar-refractivity contribution in [1.29, 1.82) is 0 Å². The Balaban J connectivity index is 0.00000180. The molecular formula is C17H23Cl2Zr. The van der Waals surface area contributed by atoms with Gasteiger partial charge < -0.3 is 24.8 Å². The Labute approximate surface area is 151 Å². The Kier molecular flexibility index (Phi) is 7.78. The molecule has 1 unspecified atom stereocenters. The molecule has 0 fully saturated rings. The first-order valence-corrected chi connectivity index (χ1v) is 8.17. The fourth-order valence-corrected chi connectivity index (χ4v) is 4.66. The molecule has 2 aliphatic carbocycles. The van der Waals surface area contributed by atoms with E-state index in [1.807, 2.05) is 0 Å². The Bertz CT molecular complexity index is 483. The monoisotopic (exact) mass is 387 g/mol. The van der Waals surface area contributed by atoms with Crippen LogP contribution in [0.4, 0.5) is 0 Å². The second-order valence-corrected chi connectivity index (χ2v) is 6.96. The minimum absolute atomic E-state index is 0. The summed E-state index contributed by atoms with van der Waals surface area (Å²) in [6.45, 7) is 11.7. The molecule has 0 N–H and O–H groups in total. The molecule has 0 aromatic heterocycles. The molecule has 0 nitrogen and oxygen atoms in total. The van der Waals surface area contributed by atoms with Crippen molar-refractivity contribution in [2.75, 3.05) is 0 Å². The van der Waals surface area contributed by atoms with Gasteiger partial charge in [-0.1, -0.05) is 0 Å². The van der Waals surface area contributed by atoms with Crippen LogP contribution in [0, 0.1) is 5.41 Å². The van der Waals surface area contributed by atoms with E-state index in [1.54, 1.807) is 50.3 Å². The summed E-state index contributed by atoms with van der Waals surface area (Å²) >= 11 is 1.58. The van der Waals surface area contributed by atoms with Gasteiger partial charge in [-0.25, -0.2) is 0 Å². The van der Waals surface area contributed by atoms with E-state index in [-0.39, 0.29) is 30.2 Å². The van der Waals surface area contributed by atoms with Crippen LogP contribution >= 0.6 is 0 Å².